The minimum absolute atomic E-state index is 0.0305. The van der Waals surface area contributed by atoms with E-state index < -0.39 is 0 Å². The summed E-state index contributed by atoms with van der Waals surface area (Å²) in [5.41, 5.74) is 0.875. The number of carbonyl (C=O) groups excluding carboxylic acids is 1. The van der Waals surface area contributed by atoms with E-state index >= 15 is 0 Å². The summed E-state index contributed by atoms with van der Waals surface area (Å²) in [5, 5.41) is 14.6. The van der Waals surface area contributed by atoms with Crippen molar-refractivity contribution in [1.29, 1.82) is 0 Å². The Morgan fingerprint density at radius 1 is 1.40 bits per heavy atom. The topological polar surface area (TPSA) is 81.1 Å². The highest BCUT2D eigenvalue weighted by Crippen LogP contribution is 2.28. The Hall–Kier alpha value is -2.12. The molecule has 1 aliphatic heterocycles. The molecule has 0 bridgehead atoms. The second-order valence-electron chi connectivity index (χ2n) is 6.33. The smallest absolute Gasteiger partial charge is 0.277 e. The third kappa shape index (κ3) is 4.49. The Labute approximate surface area is 151 Å². The number of ether oxygens (including phenoxy) is 1. The van der Waals surface area contributed by atoms with Gasteiger partial charge in [-0.05, 0) is 58.0 Å². The Bertz CT molecular complexity index is 740. The number of anilines is 1. The molecule has 0 atom stereocenters. The van der Waals surface area contributed by atoms with Crippen molar-refractivity contribution in [2.75, 3.05) is 18.4 Å². The van der Waals surface area contributed by atoms with Gasteiger partial charge in [0.15, 0.2) is 5.69 Å². The van der Waals surface area contributed by atoms with Crippen LogP contribution in [0.15, 0.2) is 24.4 Å². The van der Waals surface area contributed by atoms with E-state index in [1.807, 2.05) is 13.8 Å². The maximum Gasteiger partial charge on any atom is 0.277 e. The lowest BCUT2D eigenvalue weighted by molar-refractivity contribution is 0.102. The zero-order chi connectivity index (χ0) is 17.8. The van der Waals surface area contributed by atoms with Crippen molar-refractivity contribution in [3.63, 3.8) is 0 Å². The number of hydrogen-bond donors (Lipinski definition) is 2. The summed E-state index contributed by atoms with van der Waals surface area (Å²) in [6, 6.07) is 5.44. The van der Waals surface area contributed by atoms with Crippen LogP contribution in [0.3, 0.4) is 0 Å². The summed E-state index contributed by atoms with van der Waals surface area (Å²) in [5.74, 6) is 0.278. The van der Waals surface area contributed by atoms with Gasteiger partial charge in [0.2, 0.25) is 0 Å². The number of halogens is 1. The monoisotopic (exact) mass is 363 g/mol. The van der Waals surface area contributed by atoms with Gasteiger partial charge in [-0.3, -0.25) is 4.79 Å². The number of rotatable bonds is 5. The Morgan fingerprint density at radius 2 is 2.16 bits per heavy atom. The van der Waals surface area contributed by atoms with Crippen LogP contribution in [0.1, 0.15) is 43.2 Å². The molecule has 1 aromatic carbocycles. The van der Waals surface area contributed by atoms with Crippen LogP contribution in [-0.2, 0) is 0 Å². The number of piperidine rings is 1. The number of benzene rings is 1. The van der Waals surface area contributed by atoms with Gasteiger partial charge in [0, 0.05) is 5.69 Å². The highest BCUT2D eigenvalue weighted by molar-refractivity contribution is 6.32. The predicted molar refractivity (Wildman–Crippen MR) is 96.3 cm³/mol. The summed E-state index contributed by atoms with van der Waals surface area (Å²) in [4.78, 5) is 12.4. The van der Waals surface area contributed by atoms with Crippen molar-refractivity contribution in [2.45, 2.75) is 38.8 Å². The number of nitrogens with zero attached hydrogens (tertiary/aromatic N) is 3. The first kappa shape index (κ1) is 17.7. The molecule has 0 unspecified atom stereocenters. The van der Waals surface area contributed by atoms with Gasteiger partial charge in [-0.1, -0.05) is 16.8 Å². The number of carbonyl (C=O) groups is 1. The molecule has 8 heteroatoms. The minimum atomic E-state index is -0.311. The van der Waals surface area contributed by atoms with E-state index in [4.69, 9.17) is 16.3 Å². The second kappa shape index (κ2) is 7.84. The summed E-state index contributed by atoms with van der Waals surface area (Å²) >= 11 is 6.19. The van der Waals surface area contributed by atoms with Crippen LogP contribution in [0.2, 0.25) is 5.02 Å². The second-order valence-corrected chi connectivity index (χ2v) is 6.74. The molecule has 0 aliphatic carbocycles. The SMILES string of the molecule is CC(C)Oc1ccc(NC(=O)c2cn(C3CCNCC3)nn2)cc1Cl. The lowest BCUT2D eigenvalue weighted by atomic mass is 10.1. The normalized spacial score (nSPS) is 15.4. The molecule has 0 radical (unpaired) electrons. The molecular formula is C17H22ClN5O2. The van der Waals surface area contributed by atoms with E-state index in [-0.39, 0.29) is 23.7 Å². The highest BCUT2D eigenvalue weighted by Gasteiger charge is 2.19. The summed E-state index contributed by atoms with van der Waals surface area (Å²) < 4.78 is 7.36. The van der Waals surface area contributed by atoms with Crippen molar-refractivity contribution in [3.05, 3.63) is 35.1 Å². The quantitative estimate of drug-likeness (QED) is 0.853. The maximum absolute atomic E-state index is 12.4. The molecule has 1 aromatic heterocycles. The molecule has 7 nitrogen and oxygen atoms in total. The fourth-order valence-electron chi connectivity index (χ4n) is 2.75. The van der Waals surface area contributed by atoms with Crippen LogP contribution in [0.25, 0.3) is 0 Å². The summed E-state index contributed by atoms with van der Waals surface area (Å²) in [6.45, 7) is 5.76. The molecule has 2 N–H and O–H groups in total. The van der Waals surface area contributed by atoms with Crippen molar-refractivity contribution >= 4 is 23.2 Å². The van der Waals surface area contributed by atoms with Gasteiger partial charge in [0.25, 0.3) is 5.91 Å². The zero-order valence-electron chi connectivity index (χ0n) is 14.3. The van der Waals surface area contributed by atoms with Gasteiger partial charge in [0.05, 0.1) is 23.4 Å². The van der Waals surface area contributed by atoms with Gasteiger partial charge < -0.3 is 15.4 Å². The van der Waals surface area contributed by atoms with Crippen molar-refractivity contribution in [3.8, 4) is 5.75 Å². The highest BCUT2D eigenvalue weighted by atomic mass is 35.5. The lowest BCUT2D eigenvalue weighted by Crippen LogP contribution is -2.29. The first-order chi connectivity index (χ1) is 12.0. The minimum Gasteiger partial charge on any atom is -0.489 e. The maximum atomic E-state index is 12.4. The van der Waals surface area contributed by atoms with Crippen LogP contribution in [0.4, 0.5) is 5.69 Å². The van der Waals surface area contributed by atoms with Crippen molar-refractivity contribution < 1.29 is 9.53 Å². The Balaban J connectivity index is 1.66. The Kier molecular flexibility index (Phi) is 5.55. The van der Waals surface area contributed by atoms with Crippen LogP contribution in [0, 0.1) is 0 Å². The van der Waals surface area contributed by atoms with E-state index in [0.29, 0.717) is 16.5 Å². The van der Waals surface area contributed by atoms with Crippen LogP contribution < -0.4 is 15.4 Å². The molecule has 3 rings (SSSR count). The molecule has 25 heavy (non-hydrogen) atoms. The lowest BCUT2D eigenvalue weighted by Gasteiger charge is -2.22. The first-order valence-electron chi connectivity index (χ1n) is 8.43. The number of amides is 1. The van der Waals surface area contributed by atoms with Gasteiger partial charge in [-0.15, -0.1) is 5.10 Å². The molecule has 1 fully saturated rings. The molecule has 1 aliphatic rings. The average Bonchev–Trinajstić information content (AvgIpc) is 3.08. The first-order valence-corrected chi connectivity index (χ1v) is 8.81. The standard InChI is InChI=1S/C17H22ClN5O2/c1-11(2)25-16-4-3-12(9-14(16)18)20-17(24)15-10-23(22-21-15)13-5-7-19-8-6-13/h3-4,9-11,13,19H,5-8H2,1-2H3,(H,20,24). The van der Waals surface area contributed by atoms with Gasteiger partial charge in [0.1, 0.15) is 5.75 Å². The predicted octanol–water partition coefficient (Wildman–Crippen LogP) is 2.90. The van der Waals surface area contributed by atoms with Crippen LogP contribution in [-0.4, -0.2) is 40.1 Å². The van der Waals surface area contributed by atoms with Gasteiger partial charge in [-0.25, -0.2) is 4.68 Å². The third-order valence-corrected chi connectivity index (χ3v) is 4.27. The molecule has 1 saturated heterocycles. The Morgan fingerprint density at radius 3 is 2.84 bits per heavy atom. The molecule has 1 amide bonds. The van der Waals surface area contributed by atoms with Crippen LogP contribution in [0.5, 0.6) is 5.75 Å². The van der Waals surface area contributed by atoms with Crippen LogP contribution >= 0.6 is 11.6 Å². The number of hydrogen-bond acceptors (Lipinski definition) is 5. The molecular weight excluding hydrogens is 342 g/mol. The molecule has 0 spiro atoms. The molecule has 0 saturated carbocycles. The molecule has 2 heterocycles. The van der Waals surface area contributed by atoms with Gasteiger partial charge in [-0.2, -0.15) is 0 Å². The fraction of sp³-hybridized carbons (Fsp3) is 0.471. The zero-order valence-corrected chi connectivity index (χ0v) is 15.1. The van der Waals surface area contributed by atoms with E-state index in [1.54, 1.807) is 29.1 Å². The van der Waals surface area contributed by atoms with Crippen molar-refractivity contribution in [1.82, 2.24) is 20.3 Å². The van der Waals surface area contributed by atoms with E-state index in [2.05, 4.69) is 20.9 Å². The van der Waals surface area contributed by atoms with E-state index in [1.165, 1.54) is 0 Å². The number of aromatic nitrogens is 3. The van der Waals surface area contributed by atoms with E-state index in [9.17, 15) is 4.79 Å². The third-order valence-electron chi connectivity index (χ3n) is 3.98. The summed E-state index contributed by atoms with van der Waals surface area (Å²) in [7, 11) is 0. The molecule has 2 aromatic rings. The van der Waals surface area contributed by atoms with E-state index in [0.717, 1.165) is 25.9 Å². The van der Waals surface area contributed by atoms with Gasteiger partial charge >= 0.3 is 0 Å². The van der Waals surface area contributed by atoms with Crippen molar-refractivity contribution in [2.24, 2.45) is 0 Å². The number of nitrogens with one attached hydrogen (secondary N) is 2. The molecule has 134 valence electrons. The largest absolute Gasteiger partial charge is 0.489 e. The summed E-state index contributed by atoms with van der Waals surface area (Å²) in [6.07, 6.45) is 3.70. The fourth-order valence-corrected chi connectivity index (χ4v) is 2.98. The average molecular weight is 364 g/mol.